The molecule has 1 aliphatic rings. The summed E-state index contributed by atoms with van der Waals surface area (Å²) in [6.45, 7) is 8.21. The third kappa shape index (κ3) is 2.77. The van der Waals surface area contributed by atoms with Crippen LogP contribution in [0, 0.1) is 13.8 Å². The van der Waals surface area contributed by atoms with Gasteiger partial charge in [0.2, 0.25) is 0 Å². The second kappa shape index (κ2) is 5.81. The standard InChI is InChI=1S/C18H20N4S/c1-13-14(2)23-18(19-13)22-11-9-21(10-12-22)17-8-7-15-5-3-4-6-16(15)20-17/h3-8H,9-12H2,1-2H3. The van der Waals surface area contributed by atoms with Crippen molar-refractivity contribution in [3.8, 4) is 0 Å². The Bertz CT molecular complexity index is 814. The molecule has 1 saturated heterocycles. The van der Waals surface area contributed by atoms with E-state index in [1.807, 2.05) is 6.07 Å². The van der Waals surface area contributed by atoms with Crippen LogP contribution in [0.1, 0.15) is 10.6 Å². The maximum absolute atomic E-state index is 4.81. The van der Waals surface area contributed by atoms with E-state index in [9.17, 15) is 0 Å². The number of hydrogen-bond acceptors (Lipinski definition) is 5. The molecule has 4 rings (SSSR count). The zero-order valence-electron chi connectivity index (χ0n) is 13.5. The average Bonchev–Trinajstić information content (AvgIpc) is 2.94. The molecule has 4 nitrogen and oxygen atoms in total. The van der Waals surface area contributed by atoms with Crippen LogP contribution in [0.3, 0.4) is 0 Å². The largest absolute Gasteiger partial charge is 0.353 e. The van der Waals surface area contributed by atoms with Gasteiger partial charge in [-0.25, -0.2) is 9.97 Å². The number of benzene rings is 1. The van der Waals surface area contributed by atoms with Gasteiger partial charge in [-0.15, -0.1) is 11.3 Å². The molecule has 3 aromatic rings. The number of para-hydroxylation sites is 1. The number of pyridine rings is 1. The van der Waals surface area contributed by atoms with Crippen LogP contribution in [0.4, 0.5) is 10.9 Å². The minimum Gasteiger partial charge on any atom is -0.353 e. The van der Waals surface area contributed by atoms with Crippen LogP contribution in [-0.2, 0) is 0 Å². The highest BCUT2D eigenvalue weighted by Gasteiger charge is 2.20. The molecule has 3 heterocycles. The van der Waals surface area contributed by atoms with Crippen molar-refractivity contribution in [1.29, 1.82) is 0 Å². The lowest BCUT2D eigenvalue weighted by Gasteiger charge is -2.35. The minimum absolute atomic E-state index is 0.989. The Morgan fingerprint density at radius 1 is 0.870 bits per heavy atom. The fourth-order valence-corrected chi connectivity index (χ4v) is 3.91. The second-order valence-electron chi connectivity index (χ2n) is 5.97. The fourth-order valence-electron chi connectivity index (χ4n) is 2.95. The highest BCUT2D eigenvalue weighted by Crippen LogP contribution is 2.27. The monoisotopic (exact) mass is 324 g/mol. The van der Waals surface area contributed by atoms with Crippen LogP contribution >= 0.6 is 11.3 Å². The summed E-state index contributed by atoms with van der Waals surface area (Å²) >= 11 is 1.80. The van der Waals surface area contributed by atoms with Crippen molar-refractivity contribution in [3.05, 3.63) is 47.0 Å². The summed E-state index contributed by atoms with van der Waals surface area (Å²) in [6.07, 6.45) is 0. The van der Waals surface area contributed by atoms with Crippen LogP contribution in [-0.4, -0.2) is 36.1 Å². The first kappa shape index (κ1) is 14.5. The molecule has 0 amide bonds. The average molecular weight is 324 g/mol. The summed E-state index contributed by atoms with van der Waals surface area (Å²) in [5, 5.41) is 2.36. The molecule has 0 aliphatic carbocycles. The van der Waals surface area contributed by atoms with Gasteiger partial charge in [0.05, 0.1) is 11.2 Å². The number of aromatic nitrogens is 2. The van der Waals surface area contributed by atoms with Crippen molar-refractivity contribution in [1.82, 2.24) is 9.97 Å². The van der Waals surface area contributed by atoms with Crippen molar-refractivity contribution >= 4 is 33.2 Å². The quantitative estimate of drug-likeness (QED) is 0.720. The summed E-state index contributed by atoms with van der Waals surface area (Å²) in [5.41, 5.74) is 2.22. The van der Waals surface area contributed by atoms with Crippen LogP contribution in [0.15, 0.2) is 36.4 Å². The highest BCUT2D eigenvalue weighted by atomic mass is 32.1. The molecule has 23 heavy (non-hydrogen) atoms. The molecule has 1 aromatic carbocycles. The summed E-state index contributed by atoms with van der Waals surface area (Å²) in [6, 6.07) is 12.6. The molecule has 0 spiro atoms. The summed E-state index contributed by atoms with van der Waals surface area (Å²) in [7, 11) is 0. The molecule has 0 radical (unpaired) electrons. The molecule has 118 valence electrons. The van der Waals surface area contributed by atoms with E-state index >= 15 is 0 Å². The van der Waals surface area contributed by atoms with Crippen LogP contribution < -0.4 is 9.80 Å². The predicted octanol–water partition coefficient (Wildman–Crippen LogP) is 3.63. The predicted molar refractivity (Wildman–Crippen MR) is 97.8 cm³/mol. The van der Waals surface area contributed by atoms with E-state index in [1.165, 1.54) is 10.3 Å². The van der Waals surface area contributed by atoms with Gasteiger partial charge in [-0.2, -0.15) is 0 Å². The maximum Gasteiger partial charge on any atom is 0.185 e. The molecule has 2 aromatic heterocycles. The topological polar surface area (TPSA) is 32.3 Å². The molecule has 0 saturated carbocycles. The lowest BCUT2D eigenvalue weighted by Crippen LogP contribution is -2.46. The normalized spacial score (nSPS) is 15.4. The minimum atomic E-state index is 0.989. The van der Waals surface area contributed by atoms with Gasteiger partial charge < -0.3 is 9.80 Å². The number of piperazine rings is 1. The molecule has 0 unspecified atom stereocenters. The number of thiazole rings is 1. The molecular weight excluding hydrogens is 304 g/mol. The SMILES string of the molecule is Cc1nc(N2CCN(c3ccc4ccccc4n3)CC2)sc1C. The van der Waals surface area contributed by atoms with E-state index in [2.05, 4.69) is 59.0 Å². The van der Waals surface area contributed by atoms with Crippen LogP contribution in [0.25, 0.3) is 10.9 Å². The Balaban J connectivity index is 1.50. The third-order valence-corrected chi connectivity index (χ3v) is 5.61. The Morgan fingerprint density at radius 2 is 1.61 bits per heavy atom. The zero-order chi connectivity index (χ0) is 15.8. The van der Waals surface area contributed by atoms with Gasteiger partial charge in [0.15, 0.2) is 5.13 Å². The van der Waals surface area contributed by atoms with E-state index in [4.69, 9.17) is 4.98 Å². The third-order valence-electron chi connectivity index (χ3n) is 4.48. The fraction of sp³-hybridized carbons (Fsp3) is 0.333. The van der Waals surface area contributed by atoms with Crippen molar-refractivity contribution in [2.75, 3.05) is 36.0 Å². The number of rotatable bonds is 2. The first-order valence-corrected chi connectivity index (χ1v) is 8.82. The Labute approximate surface area is 140 Å². The molecular formula is C18H20N4S. The Morgan fingerprint density at radius 3 is 2.35 bits per heavy atom. The van der Waals surface area contributed by atoms with Crippen molar-refractivity contribution in [2.45, 2.75) is 13.8 Å². The van der Waals surface area contributed by atoms with Gasteiger partial charge in [-0.1, -0.05) is 18.2 Å². The van der Waals surface area contributed by atoms with E-state index in [-0.39, 0.29) is 0 Å². The molecule has 1 aliphatic heterocycles. The van der Waals surface area contributed by atoms with Gasteiger partial charge in [0, 0.05) is 36.4 Å². The molecule has 5 heteroatoms. The maximum atomic E-state index is 4.81. The molecule has 1 fully saturated rings. The Kier molecular flexibility index (Phi) is 3.65. The number of hydrogen-bond donors (Lipinski definition) is 0. The van der Waals surface area contributed by atoms with Gasteiger partial charge in [-0.05, 0) is 32.0 Å². The van der Waals surface area contributed by atoms with Crippen molar-refractivity contribution < 1.29 is 0 Å². The van der Waals surface area contributed by atoms with Crippen LogP contribution in [0.5, 0.6) is 0 Å². The molecule has 0 bridgehead atoms. The smallest absolute Gasteiger partial charge is 0.185 e. The molecule has 0 N–H and O–H groups in total. The van der Waals surface area contributed by atoms with E-state index in [1.54, 1.807) is 11.3 Å². The van der Waals surface area contributed by atoms with Gasteiger partial charge in [0.1, 0.15) is 5.82 Å². The lowest BCUT2D eigenvalue weighted by molar-refractivity contribution is 0.646. The van der Waals surface area contributed by atoms with E-state index in [0.717, 1.165) is 48.3 Å². The first-order valence-electron chi connectivity index (χ1n) is 8.00. The van der Waals surface area contributed by atoms with Gasteiger partial charge >= 0.3 is 0 Å². The van der Waals surface area contributed by atoms with E-state index in [0.29, 0.717) is 0 Å². The van der Waals surface area contributed by atoms with Gasteiger partial charge in [-0.3, -0.25) is 0 Å². The Hall–Kier alpha value is -2.14. The van der Waals surface area contributed by atoms with Crippen LogP contribution in [0.2, 0.25) is 0 Å². The number of nitrogens with zero attached hydrogens (tertiary/aromatic N) is 4. The lowest BCUT2D eigenvalue weighted by atomic mass is 10.2. The summed E-state index contributed by atoms with van der Waals surface area (Å²) in [5.74, 6) is 1.08. The summed E-state index contributed by atoms with van der Waals surface area (Å²) in [4.78, 5) is 15.6. The number of fused-ring (bicyclic) bond motifs is 1. The first-order chi connectivity index (χ1) is 11.2. The highest BCUT2D eigenvalue weighted by molar-refractivity contribution is 7.15. The van der Waals surface area contributed by atoms with Gasteiger partial charge in [0.25, 0.3) is 0 Å². The van der Waals surface area contributed by atoms with E-state index < -0.39 is 0 Å². The number of anilines is 2. The molecule has 0 atom stereocenters. The summed E-state index contributed by atoms with van der Waals surface area (Å²) < 4.78 is 0. The second-order valence-corrected chi connectivity index (χ2v) is 7.16. The van der Waals surface area contributed by atoms with Crippen molar-refractivity contribution in [2.24, 2.45) is 0 Å². The zero-order valence-corrected chi connectivity index (χ0v) is 14.3. The van der Waals surface area contributed by atoms with Crippen molar-refractivity contribution in [3.63, 3.8) is 0 Å². The number of aryl methyl sites for hydroxylation is 2.